The van der Waals surface area contributed by atoms with E-state index in [9.17, 15) is 9.90 Å². The number of hydrogen-bond acceptors (Lipinski definition) is 1. The summed E-state index contributed by atoms with van der Waals surface area (Å²) in [6, 6.07) is 0. The van der Waals surface area contributed by atoms with Gasteiger partial charge in [0, 0.05) is 0 Å². The molecule has 116 valence electrons. The van der Waals surface area contributed by atoms with E-state index in [1.165, 1.54) is 24.2 Å². The van der Waals surface area contributed by atoms with Crippen molar-refractivity contribution in [3.63, 3.8) is 0 Å². The number of carboxylic acids is 1. The zero-order valence-electron chi connectivity index (χ0n) is 13.6. The SMILES string of the molecule is CC1C2CC3C1C3(C(=O)O)C2C.CC1C2CC3C1C3C2C. The van der Waals surface area contributed by atoms with Crippen LogP contribution in [0.3, 0.4) is 0 Å². The molecule has 2 nitrogen and oxygen atoms in total. The quantitative estimate of drug-likeness (QED) is 0.797. The van der Waals surface area contributed by atoms with Crippen molar-refractivity contribution < 1.29 is 9.90 Å². The Morgan fingerprint density at radius 2 is 1.52 bits per heavy atom. The molecule has 21 heavy (non-hydrogen) atoms. The van der Waals surface area contributed by atoms with E-state index in [0.29, 0.717) is 23.7 Å². The van der Waals surface area contributed by atoms with Crippen molar-refractivity contribution in [2.24, 2.45) is 70.5 Å². The first-order valence-electron chi connectivity index (χ1n) is 9.15. The van der Waals surface area contributed by atoms with Gasteiger partial charge in [0.05, 0.1) is 5.41 Å². The van der Waals surface area contributed by atoms with Crippen LogP contribution in [-0.4, -0.2) is 11.1 Å². The maximum absolute atomic E-state index is 11.2. The Kier molecular flexibility index (Phi) is 2.17. The van der Waals surface area contributed by atoms with Gasteiger partial charge in [-0.25, -0.2) is 0 Å². The van der Waals surface area contributed by atoms with E-state index in [4.69, 9.17) is 0 Å². The van der Waals surface area contributed by atoms with Crippen LogP contribution < -0.4 is 0 Å². The molecule has 0 aromatic heterocycles. The van der Waals surface area contributed by atoms with Crippen molar-refractivity contribution in [3.8, 4) is 0 Å². The van der Waals surface area contributed by atoms with Crippen LogP contribution in [0.1, 0.15) is 40.5 Å². The number of carboxylic acid groups (broad SMARTS) is 1. The van der Waals surface area contributed by atoms with E-state index in [0.717, 1.165) is 23.7 Å². The monoisotopic (exact) mass is 288 g/mol. The van der Waals surface area contributed by atoms with Crippen molar-refractivity contribution in [1.29, 1.82) is 0 Å². The lowest BCUT2D eigenvalue weighted by molar-refractivity contribution is -0.145. The van der Waals surface area contributed by atoms with Crippen molar-refractivity contribution >= 4 is 5.97 Å². The lowest BCUT2D eigenvalue weighted by Gasteiger charge is -2.14. The van der Waals surface area contributed by atoms with Crippen LogP contribution in [0.5, 0.6) is 0 Å². The molecule has 10 atom stereocenters. The second kappa shape index (κ2) is 3.51. The zero-order chi connectivity index (χ0) is 14.8. The number of aliphatic carboxylic acids is 1. The third-order valence-electron chi connectivity index (χ3n) is 9.43. The van der Waals surface area contributed by atoms with Crippen LogP contribution in [-0.2, 0) is 4.79 Å². The van der Waals surface area contributed by atoms with Crippen LogP contribution in [0.15, 0.2) is 0 Å². The van der Waals surface area contributed by atoms with Crippen molar-refractivity contribution in [2.45, 2.75) is 40.5 Å². The minimum atomic E-state index is -0.517. The van der Waals surface area contributed by atoms with Gasteiger partial charge in [0.2, 0.25) is 0 Å². The van der Waals surface area contributed by atoms with Gasteiger partial charge in [-0.1, -0.05) is 27.7 Å². The third-order valence-corrected chi connectivity index (χ3v) is 9.43. The Hall–Kier alpha value is -0.530. The Balaban J connectivity index is 0.000000103. The highest BCUT2D eigenvalue weighted by molar-refractivity contribution is 5.82. The Morgan fingerprint density at radius 1 is 0.905 bits per heavy atom. The predicted octanol–water partition coefficient (Wildman–Crippen LogP) is 3.76. The fourth-order valence-corrected chi connectivity index (χ4v) is 8.60. The smallest absolute Gasteiger partial charge is 0.310 e. The summed E-state index contributed by atoms with van der Waals surface area (Å²) in [5.74, 6) is 9.37. The topological polar surface area (TPSA) is 37.3 Å². The molecule has 0 spiro atoms. The summed E-state index contributed by atoms with van der Waals surface area (Å²) in [5.41, 5.74) is -0.260. The van der Waals surface area contributed by atoms with Crippen LogP contribution in [0, 0.1) is 70.5 Å². The molecule has 8 aliphatic carbocycles. The molecular formula is C19H28O2. The van der Waals surface area contributed by atoms with Gasteiger partial charge in [0.15, 0.2) is 0 Å². The third kappa shape index (κ3) is 1.16. The van der Waals surface area contributed by atoms with Gasteiger partial charge < -0.3 is 5.11 Å². The van der Waals surface area contributed by atoms with Crippen molar-refractivity contribution in [1.82, 2.24) is 0 Å². The molecule has 8 bridgehead atoms. The van der Waals surface area contributed by atoms with E-state index in [2.05, 4.69) is 27.7 Å². The molecule has 0 aromatic carbocycles. The first-order valence-corrected chi connectivity index (χ1v) is 9.15. The second-order valence-corrected chi connectivity index (χ2v) is 9.35. The summed E-state index contributed by atoms with van der Waals surface area (Å²) in [4.78, 5) is 11.2. The second-order valence-electron chi connectivity index (χ2n) is 9.35. The first kappa shape index (κ1) is 13.0. The normalized spacial score (nSPS) is 69.6. The van der Waals surface area contributed by atoms with Crippen LogP contribution >= 0.6 is 0 Å². The molecule has 0 aliphatic heterocycles. The summed E-state index contributed by atoms with van der Waals surface area (Å²) >= 11 is 0. The van der Waals surface area contributed by atoms with Gasteiger partial charge in [-0.15, -0.1) is 0 Å². The maximum atomic E-state index is 11.2. The molecule has 1 N–H and O–H groups in total. The van der Waals surface area contributed by atoms with Crippen LogP contribution in [0.4, 0.5) is 0 Å². The molecule has 2 heteroatoms. The fraction of sp³-hybridized carbons (Fsp3) is 0.947. The Labute approximate surface area is 127 Å². The Bertz CT molecular complexity index is 504. The highest BCUT2D eigenvalue weighted by Gasteiger charge is 2.84. The minimum absolute atomic E-state index is 0.260. The van der Waals surface area contributed by atoms with E-state index in [1.54, 1.807) is 6.42 Å². The molecule has 8 fully saturated rings. The van der Waals surface area contributed by atoms with Gasteiger partial charge in [-0.05, 0) is 77.9 Å². The summed E-state index contributed by atoms with van der Waals surface area (Å²) in [5, 5.41) is 9.20. The van der Waals surface area contributed by atoms with Crippen LogP contribution in [0.2, 0.25) is 0 Å². The van der Waals surface area contributed by atoms with Gasteiger partial charge in [-0.2, -0.15) is 0 Å². The molecule has 0 aromatic rings. The molecule has 0 saturated heterocycles. The predicted molar refractivity (Wildman–Crippen MR) is 80.4 cm³/mol. The summed E-state index contributed by atoms with van der Waals surface area (Å²) in [7, 11) is 0. The number of hydrogen-bond donors (Lipinski definition) is 1. The highest BCUT2D eigenvalue weighted by atomic mass is 16.4. The summed E-state index contributed by atoms with van der Waals surface area (Å²) < 4.78 is 0. The molecular weight excluding hydrogens is 260 g/mol. The molecule has 0 amide bonds. The molecule has 0 radical (unpaired) electrons. The average molecular weight is 288 g/mol. The Morgan fingerprint density at radius 3 is 1.67 bits per heavy atom. The van der Waals surface area contributed by atoms with E-state index >= 15 is 0 Å². The van der Waals surface area contributed by atoms with E-state index in [1.807, 2.05) is 0 Å². The molecule has 10 unspecified atom stereocenters. The highest BCUT2D eigenvalue weighted by Crippen LogP contribution is 2.83. The molecule has 8 rings (SSSR count). The zero-order valence-corrected chi connectivity index (χ0v) is 13.6. The molecule has 8 aliphatic rings. The van der Waals surface area contributed by atoms with Gasteiger partial charge >= 0.3 is 5.97 Å². The van der Waals surface area contributed by atoms with Crippen LogP contribution in [0.25, 0.3) is 0 Å². The van der Waals surface area contributed by atoms with Crippen molar-refractivity contribution in [2.75, 3.05) is 0 Å². The largest absolute Gasteiger partial charge is 0.481 e. The van der Waals surface area contributed by atoms with Crippen molar-refractivity contribution in [3.05, 3.63) is 0 Å². The van der Waals surface area contributed by atoms with Gasteiger partial charge in [0.25, 0.3) is 0 Å². The minimum Gasteiger partial charge on any atom is -0.481 e. The van der Waals surface area contributed by atoms with E-state index in [-0.39, 0.29) is 5.41 Å². The van der Waals surface area contributed by atoms with Gasteiger partial charge in [-0.3, -0.25) is 4.79 Å². The lowest BCUT2D eigenvalue weighted by atomic mass is 9.90. The first-order chi connectivity index (χ1) is 9.92. The average Bonchev–Trinajstić information content (AvgIpc) is 2.97. The number of carbonyl (C=O) groups is 1. The molecule has 8 saturated carbocycles. The maximum Gasteiger partial charge on any atom is 0.310 e. The standard InChI is InChI=1S/C10H14O2.C9H14/c1-4-6-3-7-8(4)10(7,5(6)2)9(11)12;1-4-6-3-7-8(4)9(7)5(6)2/h4-8H,3H2,1-2H3,(H,11,12);4-9H,3H2,1-2H3. The van der Waals surface area contributed by atoms with Gasteiger partial charge in [0.1, 0.15) is 0 Å². The molecule has 0 heterocycles. The summed E-state index contributed by atoms with van der Waals surface area (Å²) in [6.45, 7) is 9.32. The fourth-order valence-electron chi connectivity index (χ4n) is 8.60. The van der Waals surface area contributed by atoms with E-state index < -0.39 is 5.97 Å². The summed E-state index contributed by atoms with van der Waals surface area (Å²) in [6.07, 6.45) is 2.79. The lowest BCUT2D eigenvalue weighted by Crippen LogP contribution is -2.22. The number of rotatable bonds is 1.